The Hall–Kier alpha value is -1.35. The van der Waals surface area contributed by atoms with Crippen molar-refractivity contribution in [1.29, 1.82) is 0 Å². The van der Waals surface area contributed by atoms with Crippen molar-refractivity contribution in [2.24, 2.45) is 0 Å². The van der Waals surface area contributed by atoms with E-state index in [0.717, 1.165) is 18.4 Å². The maximum absolute atomic E-state index is 12.1. The first-order chi connectivity index (χ1) is 8.74. The quantitative estimate of drug-likeness (QED) is 0.863. The molecule has 1 aromatic carbocycles. The summed E-state index contributed by atoms with van der Waals surface area (Å²) in [4.78, 5) is 14.6. The van der Waals surface area contributed by atoms with E-state index in [2.05, 4.69) is 17.3 Å². The first-order valence-electron chi connectivity index (χ1n) is 6.82. The summed E-state index contributed by atoms with van der Waals surface area (Å²) in [6.45, 7) is 0. The lowest BCUT2D eigenvalue weighted by molar-refractivity contribution is 0.0882. The number of amides is 1. The van der Waals surface area contributed by atoms with Crippen LogP contribution in [0.5, 0.6) is 0 Å². The van der Waals surface area contributed by atoms with E-state index in [1.54, 1.807) is 0 Å². The third-order valence-corrected chi connectivity index (χ3v) is 4.47. The number of fused-ring (bicyclic) bond motifs is 2. The zero-order valence-corrected chi connectivity index (χ0v) is 10.8. The molecule has 96 valence electrons. The third-order valence-electron chi connectivity index (χ3n) is 4.47. The lowest BCUT2D eigenvalue weighted by atomic mass is 9.97. The number of hydrogen-bond donors (Lipinski definition) is 1. The molecule has 0 aromatic heterocycles. The maximum atomic E-state index is 12.1. The summed E-state index contributed by atoms with van der Waals surface area (Å²) in [6, 6.07) is 11.2. The molecule has 1 N–H and O–H groups in total. The SMILES string of the molecule is CN1C2CCC1CC(NC(=O)c1ccccc1)C2. The van der Waals surface area contributed by atoms with Gasteiger partial charge in [-0.05, 0) is 44.9 Å². The summed E-state index contributed by atoms with van der Waals surface area (Å²) in [5.74, 6) is 0.0737. The van der Waals surface area contributed by atoms with Gasteiger partial charge in [-0.15, -0.1) is 0 Å². The summed E-state index contributed by atoms with van der Waals surface area (Å²) in [5, 5.41) is 3.19. The highest BCUT2D eigenvalue weighted by Gasteiger charge is 2.38. The molecule has 3 rings (SSSR count). The van der Waals surface area contributed by atoms with Crippen molar-refractivity contribution in [3.63, 3.8) is 0 Å². The Morgan fingerprint density at radius 2 is 1.78 bits per heavy atom. The van der Waals surface area contributed by atoms with Crippen molar-refractivity contribution < 1.29 is 4.79 Å². The molecule has 0 spiro atoms. The van der Waals surface area contributed by atoms with Gasteiger partial charge in [0.1, 0.15) is 0 Å². The fourth-order valence-corrected chi connectivity index (χ4v) is 3.39. The molecule has 2 unspecified atom stereocenters. The Morgan fingerprint density at radius 3 is 2.39 bits per heavy atom. The van der Waals surface area contributed by atoms with Gasteiger partial charge in [0.25, 0.3) is 5.91 Å². The Morgan fingerprint density at radius 1 is 1.17 bits per heavy atom. The van der Waals surface area contributed by atoms with Crippen LogP contribution in [0.1, 0.15) is 36.0 Å². The van der Waals surface area contributed by atoms with Crippen LogP contribution in [-0.4, -0.2) is 36.0 Å². The first kappa shape index (κ1) is 11.7. The highest BCUT2D eigenvalue weighted by Crippen LogP contribution is 2.34. The van der Waals surface area contributed by atoms with Crippen LogP contribution in [0.4, 0.5) is 0 Å². The maximum Gasteiger partial charge on any atom is 0.251 e. The van der Waals surface area contributed by atoms with Crippen molar-refractivity contribution in [1.82, 2.24) is 10.2 Å². The van der Waals surface area contributed by atoms with Crippen molar-refractivity contribution in [3.8, 4) is 0 Å². The Labute approximate surface area is 108 Å². The molecular formula is C15H20N2O. The highest BCUT2D eigenvalue weighted by molar-refractivity contribution is 5.94. The predicted molar refractivity (Wildman–Crippen MR) is 71.5 cm³/mol. The molecule has 2 bridgehead atoms. The number of hydrogen-bond acceptors (Lipinski definition) is 2. The van der Waals surface area contributed by atoms with Gasteiger partial charge in [0, 0.05) is 23.7 Å². The summed E-state index contributed by atoms with van der Waals surface area (Å²) in [7, 11) is 2.22. The van der Waals surface area contributed by atoms with Crippen molar-refractivity contribution in [2.75, 3.05) is 7.05 Å². The van der Waals surface area contributed by atoms with Gasteiger partial charge < -0.3 is 10.2 Å². The monoisotopic (exact) mass is 244 g/mol. The van der Waals surface area contributed by atoms with Crippen LogP contribution < -0.4 is 5.32 Å². The number of rotatable bonds is 2. The molecule has 2 aliphatic rings. The second kappa shape index (κ2) is 4.73. The topological polar surface area (TPSA) is 32.3 Å². The molecule has 2 atom stereocenters. The molecule has 2 saturated heterocycles. The molecule has 0 radical (unpaired) electrons. The molecule has 0 saturated carbocycles. The fraction of sp³-hybridized carbons (Fsp3) is 0.533. The normalized spacial score (nSPS) is 31.3. The number of carbonyl (C=O) groups is 1. The van der Waals surface area contributed by atoms with Gasteiger partial charge in [0.2, 0.25) is 0 Å². The van der Waals surface area contributed by atoms with Crippen molar-refractivity contribution in [2.45, 2.75) is 43.8 Å². The fourth-order valence-electron chi connectivity index (χ4n) is 3.39. The Balaban J connectivity index is 1.63. The van der Waals surface area contributed by atoms with Crippen LogP contribution in [0.25, 0.3) is 0 Å². The van der Waals surface area contributed by atoms with Crippen LogP contribution in [0.3, 0.4) is 0 Å². The molecule has 3 nitrogen and oxygen atoms in total. The second-order valence-electron chi connectivity index (χ2n) is 5.56. The van der Waals surface area contributed by atoms with E-state index >= 15 is 0 Å². The van der Waals surface area contributed by atoms with Crippen LogP contribution in [0.15, 0.2) is 30.3 Å². The first-order valence-corrected chi connectivity index (χ1v) is 6.82. The van der Waals surface area contributed by atoms with Crippen molar-refractivity contribution >= 4 is 5.91 Å². The molecule has 0 aliphatic carbocycles. The lowest BCUT2D eigenvalue weighted by Crippen LogP contribution is -2.48. The van der Waals surface area contributed by atoms with Gasteiger partial charge in [-0.1, -0.05) is 18.2 Å². The van der Waals surface area contributed by atoms with Crippen LogP contribution in [0.2, 0.25) is 0 Å². The van der Waals surface area contributed by atoms with Gasteiger partial charge in [0.15, 0.2) is 0 Å². The van der Waals surface area contributed by atoms with Crippen LogP contribution in [-0.2, 0) is 0 Å². The van der Waals surface area contributed by atoms with E-state index in [0.29, 0.717) is 18.1 Å². The van der Waals surface area contributed by atoms with Crippen LogP contribution >= 0.6 is 0 Å². The molecular weight excluding hydrogens is 224 g/mol. The molecule has 2 heterocycles. The minimum Gasteiger partial charge on any atom is -0.349 e. The number of piperidine rings is 1. The average Bonchev–Trinajstić information content (AvgIpc) is 2.63. The van der Waals surface area contributed by atoms with Crippen molar-refractivity contribution in [3.05, 3.63) is 35.9 Å². The van der Waals surface area contributed by atoms with E-state index in [4.69, 9.17) is 0 Å². The minimum absolute atomic E-state index is 0.0737. The predicted octanol–water partition coefficient (Wildman–Crippen LogP) is 2.04. The molecule has 1 aromatic rings. The van der Waals surface area contributed by atoms with E-state index in [9.17, 15) is 4.79 Å². The molecule has 3 heteroatoms. The Bertz CT molecular complexity index is 417. The number of carbonyl (C=O) groups excluding carboxylic acids is 1. The second-order valence-corrected chi connectivity index (χ2v) is 5.56. The molecule has 18 heavy (non-hydrogen) atoms. The lowest BCUT2D eigenvalue weighted by Gasteiger charge is -2.36. The zero-order chi connectivity index (χ0) is 12.5. The highest BCUT2D eigenvalue weighted by atomic mass is 16.1. The third kappa shape index (κ3) is 2.15. The summed E-state index contributed by atoms with van der Waals surface area (Å²) >= 11 is 0. The van der Waals surface area contributed by atoms with E-state index in [1.807, 2.05) is 30.3 Å². The Kier molecular flexibility index (Phi) is 3.08. The summed E-state index contributed by atoms with van der Waals surface area (Å²) in [6.07, 6.45) is 4.79. The van der Waals surface area contributed by atoms with Gasteiger partial charge in [-0.2, -0.15) is 0 Å². The summed E-state index contributed by atoms with van der Waals surface area (Å²) in [5.41, 5.74) is 0.767. The van der Waals surface area contributed by atoms with Gasteiger partial charge in [0.05, 0.1) is 0 Å². The summed E-state index contributed by atoms with van der Waals surface area (Å²) < 4.78 is 0. The van der Waals surface area contributed by atoms with Gasteiger partial charge >= 0.3 is 0 Å². The molecule has 1 amide bonds. The van der Waals surface area contributed by atoms with Gasteiger partial charge in [-0.3, -0.25) is 4.79 Å². The molecule has 2 aliphatic heterocycles. The zero-order valence-electron chi connectivity index (χ0n) is 10.8. The largest absolute Gasteiger partial charge is 0.349 e. The van der Waals surface area contributed by atoms with E-state index in [1.165, 1.54) is 12.8 Å². The van der Waals surface area contributed by atoms with E-state index < -0.39 is 0 Å². The standard InChI is InChI=1S/C15H20N2O/c1-17-13-7-8-14(17)10-12(9-13)16-15(18)11-5-3-2-4-6-11/h2-6,12-14H,7-10H2,1H3,(H,16,18). The number of nitrogens with zero attached hydrogens (tertiary/aromatic N) is 1. The number of benzene rings is 1. The number of nitrogens with one attached hydrogen (secondary N) is 1. The minimum atomic E-state index is 0.0737. The van der Waals surface area contributed by atoms with Gasteiger partial charge in [-0.25, -0.2) is 0 Å². The smallest absolute Gasteiger partial charge is 0.251 e. The molecule has 2 fully saturated rings. The van der Waals surface area contributed by atoms with E-state index in [-0.39, 0.29) is 5.91 Å². The van der Waals surface area contributed by atoms with Crippen LogP contribution in [0, 0.1) is 0 Å². The average molecular weight is 244 g/mol.